The highest BCUT2D eigenvalue weighted by Gasteiger charge is 2.34. The van der Waals surface area contributed by atoms with Crippen LogP contribution >= 0.6 is 0 Å². The largest absolute Gasteiger partial charge is 0.352 e. The van der Waals surface area contributed by atoms with Crippen LogP contribution in [0.4, 0.5) is 5.69 Å². The van der Waals surface area contributed by atoms with Gasteiger partial charge < -0.3 is 16.0 Å². The Morgan fingerprint density at radius 1 is 1.36 bits per heavy atom. The van der Waals surface area contributed by atoms with Crippen molar-refractivity contribution >= 4 is 17.5 Å². The zero-order valence-electron chi connectivity index (χ0n) is 14.5. The van der Waals surface area contributed by atoms with Crippen molar-refractivity contribution in [3.8, 4) is 0 Å². The van der Waals surface area contributed by atoms with E-state index in [1.165, 1.54) is 6.92 Å². The number of carbonyl (C=O) groups excluding carboxylic acids is 2. The Bertz CT molecular complexity index is 770. The molecule has 2 amide bonds. The van der Waals surface area contributed by atoms with Gasteiger partial charge in [0.25, 0.3) is 0 Å². The number of anilines is 1. The molecule has 1 saturated heterocycles. The Morgan fingerprint density at radius 3 is 2.92 bits per heavy atom. The van der Waals surface area contributed by atoms with Crippen molar-refractivity contribution in [3.05, 3.63) is 47.8 Å². The van der Waals surface area contributed by atoms with Crippen molar-refractivity contribution < 1.29 is 9.59 Å². The Balaban J connectivity index is 1.61. The smallest absolute Gasteiger partial charge is 0.225 e. The minimum atomic E-state index is -0.113. The molecule has 2 aromatic rings. The quantitative estimate of drug-likeness (QED) is 0.757. The molecule has 0 radical (unpaired) electrons. The predicted molar refractivity (Wildman–Crippen MR) is 94.9 cm³/mol. The lowest BCUT2D eigenvalue weighted by molar-refractivity contribution is -0.125. The van der Waals surface area contributed by atoms with Crippen LogP contribution in [-0.4, -0.2) is 34.7 Å². The van der Waals surface area contributed by atoms with Gasteiger partial charge in [0.15, 0.2) is 0 Å². The number of hydrogen-bond acceptors (Lipinski definition) is 4. The molecule has 1 aliphatic rings. The molecule has 1 aromatic carbocycles. The molecule has 0 aliphatic carbocycles. The maximum absolute atomic E-state index is 12.6. The van der Waals surface area contributed by atoms with Crippen LogP contribution in [0, 0.1) is 5.92 Å². The number of amides is 2. The molecule has 1 aliphatic heterocycles. The van der Waals surface area contributed by atoms with Gasteiger partial charge in [0.1, 0.15) is 0 Å². The number of hydrogen-bond donors (Lipinski definition) is 3. The summed E-state index contributed by atoms with van der Waals surface area (Å²) in [4.78, 5) is 23.8. The van der Waals surface area contributed by atoms with E-state index in [0.29, 0.717) is 13.1 Å². The lowest BCUT2D eigenvalue weighted by atomic mass is 9.90. The van der Waals surface area contributed by atoms with E-state index in [1.54, 1.807) is 4.68 Å². The summed E-state index contributed by atoms with van der Waals surface area (Å²) >= 11 is 0. The molecule has 0 bridgehead atoms. The summed E-state index contributed by atoms with van der Waals surface area (Å²) < 4.78 is 1.76. The maximum Gasteiger partial charge on any atom is 0.225 e. The van der Waals surface area contributed by atoms with E-state index in [0.717, 1.165) is 23.4 Å². The molecule has 7 nitrogen and oxygen atoms in total. The minimum Gasteiger partial charge on any atom is -0.352 e. The Hall–Kier alpha value is -2.67. The van der Waals surface area contributed by atoms with Gasteiger partial charge >= 0.3 is 0 Å². The second kappa shape index (κ2) is 7.48. The van der Waals surface area contributed by atoms with Gasteiger partial charge in [0.2, 0.25) is 11.8 Å². The van der Waals surface area contributed by atoms with Crippen molar-refractivity contribution in [2.45, 2.75) is 19.4 Å². The van der Waals surface area contributed by atoms with Crippen LogP contribution in [0.25, 0.3) is 0 Å². The predicted octanol–water partition coefficient (Wildman–Crippen LogP) is 0.998. The van der Waals surface area contributed by atoms with E-state index in [1.807, 2.05) is 43.7 Å². The van der Waals surface area contributed by atoms with Gasteiger partial charge in [0, 0.05) is 51.4 Å². The van der Waals surface area contributed by atoms with Gasteiger partial charge in [-0.2, -0.15) is 5.10 Å². The fourth-order valence-electron chi connectivity index (χ4n) is 3.22. The normalized spacial score (nSPS) is 19.6. The summed E-state index contributed by atoms with van der Waals surface area (Å²) in [6.07, 6.45) is 3.80. The fourth-order valence-corrected chi connectivity index (χ4v) is 3.22. The monoisotopic (exact) mass is 341 g/mol. The van der Waals surface area contributed by atoms with Crippen molar-refractivity contribution in [2.75, 3.05) is 18.4 Å². The molecule has 2 atom stereocenters. The van der Waals surface area contributed by atoms with E-state index < -0.39 is 0 Å². The summed E-state index contributed by atoms with van der Waals surface area (Å²) in [6, 6.07) is 7.48. The van der Waals surface area contributed by atoms with Gasteiger partial charge in [-0.15, -0.1) is 0 Å². The first-order valence-electron chi connectivity index (χ1n) is 8.36. The first-order valence-corrected chi connectivity index (χ1v) is 8.36. The Kier molecular flexibility index (Phi) is 5.14. The topological polar surface area (TPSA) is 88.1 Å². The van der Waals surface area contributed by atoms with Crippen LogP contribution in [0.1, 0.15) is 24.0 Å². The van der Waals surface area contributed by atoms with Crippen LogP contribution in [0.5, 0.6) is 0 Å². The van der Waals surface area contributed by atoms with Crippen molar-refractivity contribution in [1.29, 1.82) is 0 Å². The number of nitrogens with one attached hydrogen (secondary N) is 3. The number of aryl methyl sites for hydroxylation is 1. The van der Waals surface area contributed by atoms with E-state index in [2.05, 4.69) is 21.0 Å². The van der Waals surface area contributed by atoms with E-state index in [4.69, 9.17) is 0 Å². The van der Waals surface area contributed by atoms with Crippen LogP contribution in [-0.2, 0) is 23.2 Å². The second-order valence-electron chi connectivity index (χ2n) is 6.42. The average molecular weight is 341 g/mol. The third-order valence-electron chi connectivity index (χ3n) is 4.42. The van der Waals surface area contributed by atoms with Crippen LogP contribution in [0.2, 0.25) is 0 Å². The molecule has 0 unspecified atom stereocenters. The van der Waals surface area contributed by atoms with Gasteiger partial charge in [-0.1, -0.05) is 12.1 Å². The average Bonchev–Trinajstić information content (AvgIpc) is 3.21. The third kappa shape index (κ3) is 4.24. The molecule has 3 rings (SSSR count). The van der Waals surface area contributed by atoms with Crippen molar-refractivity contribution in [1.82, 2.24) is 20.4 Å². The zero-order valence-corrected chi connectivity index (χ0v) is 14.5. The molecule has 1 aromatic heterocycles. The molecule has 7 heteroatoms. The van der Waals surface area contributed by atoms with Gasteiger partial charge in [-0.25, -0.2) is 0 Å². The fraction of sp³-hybridized carbons (Fsp3) is 0.389. The molecule has 0 spiro atoms. The number of rotatable bonds is 5. The highest BCUT2D eigenvalue weighted by Crippen LogP contribution is 2.28. The second-order valence-corrected chi connectivity index (χ2v) is 6.42. The third-order valence-corrected chi connectivity index (χ3v) is 4.42. The standard InChI is InChI=1S/C18H23N5O2/c1-12(24)22-15-5-3-4-13(6-15)7-20-18(25)17-10-19-9-16(17)14-8-21-23(2)11-14/h3-6,8,11,16-17,19H,7,9-10H2,1-2H3,(H,20,25)(H,22,24)/t16-,17+/m1/s1. The summed E-state index contributed by atoms with van der Waals surface area (Å²) in [5.74, 6) is -0.0524. The highest BCUT2D eigenvalue weighted by molar-refractivity contribution is 5.88. The number of aromatic nitrogens is 2. The van der Waals surface area contributed by atoms with Crippen LogP contribution in [0.3, 0.4) is 0 Å². The summed E-state index contributed by atoms with van der Waals surface area (Å²) in [5.41, 5.74) is 2.76. The molecule has 3 N–H and O–H groups in total. The molecular weight excluding hydrogens is 318 g/mol. The SMILES string of the molecule is CC(=O)Nc1cccc(CNC(=O)[C@H]2CNC[C@@H]2c2cnn(C)c2)c1. The molecule has 1 fully saturated rings. The Labute approximate surface area is 146 Å². The number of nitrogens with zero attached hydrogens (tertiary/aromatic N) is 2. The Morgan fingerprint density at radius 2 is 2.20 bits per heavy atom. The van der Waals surface area contributed by atoms with Gasteiger partial charge in [0.05, 0.1) is 12.1 Å². The molecule has 0 saturated carbocycles. The van der Waals surface area contributed by atoms with E-state index in [-0.39, 0.29) is 23.7 Å². The number of carbonyl (C=O) groups is 2. The van der Waals surface area contributed by atoms with Gasteiger partial charge in [-0.05, 0) is 23.3 Å². The maximum atomic E-state index is 12.6. The molecule has 25 heavy (non-hydrogen) atoms. The first kappa shape index (κ1) is 17.2. The zero-order chi connectivity index (χ0) is 17.8. The van der Waals surface area contributed by atoms with Crippen molar-refractivity contribution in [2.24, 2.45) is 13.0 Å². The summed E-state index contributed by atoms with van der Waals surface area (Å²) in [7, 11) is 1.88. The molecule has 2 heterocycles. The highest BCUT2D eigenvalue weighted by atomic mass is 16.2. The lowest BCUT2D eigenvalue weighted by Gasteiger charge is -2.17. The summed E-state index contributed by atoms with van der Waals surface area (Å²) in [5, 5.41) is 13.3. The van der Waals surface area contributed by atoms with E-state index in [9.17, 15) is 9.59 Å². The van der Waals surface area contributed by atoms with Crippen LogP contribution in [0.15, 0.2) is 36.7 Å². The molecule has 132 valence electrons. The lowest BCUT2D eigenvalue weighted by Crippen LogP contribution is -2.34. The van der Waals surface area contributed by atoms with Gasteiger partial charge in [-0.3, -0.25) is 14.3 Å². The van der Waals surface area contributed by atoms with Crippen molar-refractivity contribution in [3.63, 3.8) is 0 Å². The first-order chi connectivity index (χ1) is 12.0. The van der Waals surface area contributed by atoms with Crippen LogP contribution < -0.4 is 16.0 Å². The molecular formula is C18H23N5O2. The minimum absolute atomic E-state index is 0.0313. The summed E-state index contributed by atoms with van der Waals surface area (Å²) in [6.45, 7) is 3.35. The number of benzene rings is 1. The van der Waals surface area contributed by atoms with E-state index >= 15 is 0 Å².